The Bertz CT molecular complexity index is 351. The number of unbranched alkanes of at least 4 members (excludes halogenated alkanes) is 8. The molecule has 0 amide bonds. The van der Waals surface area contributed by atoms with E-state index in [-0.39, 0.29) is 6.29 Å². The predicted octanol–water partition coefficient (Wildman–Crippen LogP) is 2.74. The minimum absolute atomic E-state index is 0.324. The van der Waals surface area contributed by atoms with E-state index in [2.05, 4.69) is 6.92 Å². The average molecular weight is 360 g/mol. The summed E-state index contributed by atoms with van der Waals surface area (Å²) in [5, 5.41) is 20.2. The van der Waals surface area contributed by atoms with Gasteiger partial charge in [0.05, 0.1) is 6.61 Å². The van der Waals surface area contributed by atoms with Crippen LogP contribution < -0.4 is 0 Å². The van der Waals surface area contributed by atoms with E-state index in [9.17, 15) is 10.2 Å². The molecule has 0 spiro atoms. The Kier molecular flexibility index (Phi) is 9.66. The van der Waals surface area contributed by atoms with Crippen LogP contribution in [0.15, 0.2) is 0 Å². The van der Waals surface area contributed by atoms with Crippen molar-refractivity contribution in [2.75, 3.05) is 13.7 Å². The van der Waals surface area contributed by atoms with Gasteiger partial charge in [-0.25, -0.2) is 0 Å². The number of aliphatic hydroxyl groups is 2. The van der Waals surface area contributed by atoms with Crippen molar-refractivity contribution < 1.29 is 29.2 Å². The quantitative estimate of drug-likeness (QED) is 0.552. The molecule has 0 radical (unpaired) electrons. The van der Waals surface area contributed by atoms with Gasteiger partial charge in [-0.3, -0.25) is 0 Å². The summed E-state index contributed by atoms with van der Waals surface area (Å²) in [5.74, 6) is 0. The minimum atomic E-state index is -1.10. The lowest BCUT2D eigenvalue weighted by atomic mass is 9.98. The first-order valence-electron chi connectivity index (χ1n) is 9.98. The lowest BCUT2D eigenvalue weighted by molar-refractivity contribution is -0.356. The molecular formula is C19H36O6. The second-order valence-electron chi connectivity index (χ2n) is 7.24. The van der Waals surface area contributed by atoms with Crippen LogP contribution in [-0.2, 0) is 18.9 Å². The Morgan fingerprint density at radius 1 is 0.880 bits per heavy atom. The molecule has 2 aliphatic rings. The van der Waals surface area contributed by atoms with Crippen LogP contribution in [0, 0.1) is 0 Å². The van der Waals surface area contributed by atoms with E-state index in [1.165, 1.54) is 58.5 Å². The summed E-state index contributed by atoms with van der Waals surface area (Å²) in [6, 6.07) is 0. The summed E-state index contributed by atoms with van der Waals surface area (Å²) in [6.07, 6.45) is 8.08. The van der Waals surface area contributed by atoms with E-state index in [1.54, 1.807) is 0 Å². The first-order valence-corrected chi connectivity index (χ1v) is 9.98. The van der Waals surface area contributed by atoms with Gasteiger partial charge in [-0.05, 0) is 12.8 Å². The van der Waals surface area contributed by atoms with Crippen LogP contribution in [0.2, 0.25) is 0 Å². The molecule has 6 atom stereocenters. The van der Waals surface area contributed by atoms with Crippen LogP contribution >= 0.6 is 0 Å². The Morgan fingerprint density at radius 2 is 1.52 bits per heavy atom. The molecule has 0 aliphatic carbocycles. The number of hydrogen-bond donors (Lipinski definition) is 2. The summed E-state index contributed by atoms with van der Waals surface area (Å²) in [7, 11) is 1.44. The number of rotatable bonds is 11. The van der Waals surface area contributed by atoms with Crippen LogP contribution in [0.3, 0.4) is 0 Å². The van der Waals surface area contributed by atoms with Crippen molar-refractivity contribution in [2.45, 2.75) is 108 Å². The number of fused-ring (bicyclic) bond motifs is 1. The van der Waals surface area contributed by atoms with Gasteiger partial charge in [0.15, 0.2) is 12.6 Å². The molecule has 6 nitrogen and oxygen atoms in total. The maximum absolute atomic E-state index is 10.2. The molecule has 2 saturated heterocycles. The van der Waals surface area contributed by atoms with E-state index in [0.717, 1.165) is 12.8 Å². The van der Waals surface area contributed by atoms with E-state index in [4.69, 9.17) is 18.9 Å². The fourth-order valence-electron chi connectivity index (χ4n) is 3.59. The minimum Gasteiger partial charge on any atom is -0.387 e. The highest BCUT2D eigenvalue weighted by Gasteiger charge is 2.48. The van der Waals surface area contributed by atoms with Crippen LogP contribution in [0.4, 0.5) is 0 Å². The van der Waals surface area contributed by atoms with Crippen LogP contribution in [0.25, 0.3) is 0 Å². The van der Waals surface area contributed by atoms with Gasteiger partial charge in [0, 0.05) is 7.11 Å². The molecule has 2 heterocycles. The monoisotopic (exact) mass is 360 g/mol. The van der Waals surface area contributed by atoms with Crippen LogP contribution in [0.1, 0.15) is 71.1 Å². The number of ether oxygens (including phenoxy) is 4. The Hall–Kier alpha value is -0.240. The molecule has 2 unspecified atom stereocenters. The fourth-order valence-corrected chi connectivity index (χ4v) is 3.59. The van der Waals surface area contributed by atoms with Gasteiger partial charge >= 0.3 is 0 Å². The van der Waals surface area contributed by atoms with Gasteiger partial charge in [0.25, 0.3) is 0 Å². The van der Waals surface area contributed by atoms with Gasteiger partial charge in [0.1, 0.15) is 24.4 Å². The van der Waals surface area contributed by atoms with E-state index in [0.29, 0.717) is 6.61 Å². The lowest BCUT2D eigenvalue weighted by Gasteiger charge is -2.45. The topological polar surface area (TPSA) is 77.4 Å². The summed E-state index contributed by atoms with van der Waals surface area (Å²) >= 11 is 0. The summed E-state index contributed by atoms with van der Waals surface area (Å²) in [4.78, 5) is 0. The largest absolute Gasteiger partial charge is 0.387 e. The molecule has 0 bridgehead atoms. The zero-order valence-corrected chi connectivity index (χ0v) is 15.8. The molecule has 2 N–H and O–H groups in total. The van der Waals surface area contributed by atoms with Gasteiger partial charge in [-0.15, -0.1) is 0 Å². The third kappa shape index (κ3) is 6.45. The highest BCUT2D eigenvalue weighted by molar-refractivity contribution is 4.92. The zero-order chi connectivity index (χ0) is 18.1. The molecule has 0 aromatic heterocycles. The maximum Gasteiger partial charge on any atom is 0.186 e. The van der Waals surface area contributed by atoms with Gasteiger partial charge in [-0.2, -0.15) is 0 Å². The van der Waals surface area contributed by atoms with Crippen molar-refractivity contribution in [3.05, 3.63) is 0 Å². The van der Waals surface area contributed by atoms with Gasteiger partial charge < -0.3 is 29.2 Å². The molecular weight excluding hydrogens is 324 g/mol. The first kappa shape index (κ1) is 21.1. The molecule has 25 heavy (non-hydrogen) atoms. The lowest BCUT2D eigenvalue weighted by Crippen LogP contribution is -2.63. The van der Waals surface area contributed by atoms with E-state index < -0.39 is 30.7 Å². The first-order chi connectivity index (χ1) is 12.2. The second kappa shape index (κ2) is 11.5. The third-order valence-corrected chi connectivity index (χ3v) is 5.17. The molecule has 148 valence electrons. The highest BCUT2D eigenvalue weighted by Crippen LogP contribution is 2.30. The fraction of sp³-hybridized carbons (Fsp3) is 1.00. The van der Waals surface area contributed by atoms with Gasteiger partial charge in [-0.1, -0.05) is 58.3 Å². The molecule has 0 aromatic carbocycles. The SMILES string of the molecule is CCCCCCCCCCCC1OC[C@H]2OC(OC)[C@H](O)[C@@H](O)[C@@H]2O1. The van der Waals surface area contributed by atoms with Crippen molar-refractivity contribution in [1.82, 2.24) is 0 Å². The van der Waals surface area contributed by atoms with Crippen molar-refractivity contribution in [3.8, 4) is 0 Å². The van der Waals surface area contributed by atoms with Crippen molar-refractivity contribution in [3.63, 3.8) is 0 Å². The smallest absolute Gasteiger partial charge is 0.186 e. The Morgan fingerprint density at radius 3 is 2.16 bits per heavy atom. The van der Waals surface area contributed by atoms with Gasteiger partial charge in [0.2, 0.25) is 0 Å². The Labute approximate surface area is 151 Å². The molecule has 2 rings (SSSR count). The average Bonchev–Trinajstić information content (AvgIpc) is 2.63. The Balaban J connectivity index is 1.58. The normalized spacial score (nSPS) is 35.5. The van der Waals surface area contributed by atoms with Crippen molar-refractivity contribution >= 4 is 0 Å². The summed E-state index contributed by atoms with van der Waals surface area (Å²) < 4.78 is 22.2. The zero-order valence-electron chi connectivity index (χ0n) is 15.8. The summed E-state index contributed by atoms with van der Waals surface area (Å²) in [5.41, 5.74) is 0. The number of aliphatic hydroxyl groups excluding tert-OH is 2. The van der Waals surface area contributed by atoms with Crippen LogP contribution in [0.5, 0.6) is 0 Å². The second-order valence-corrected chi connectivity index (χ2v) is 7.24. The van der Waals surface area contributed by atoms with E-state index >= 15 is 0 Å². The predicted molar refractivity (Wildman–Crippen MR) is 94.1 cm³/mol. The van der Waals surface area contributed by atoms with Crippen LogP contribution in [-0.4, -0.2) is 60.9 Å². The van der Waals surface area contributed by atoms with Crippen molar-refractivity contribution in [2.24, 2.45) is 0 Å². The number of hydrogen-bond acceptors (Lipinski definition) is 6. The van der Waals surface area contributed by atoms with Crippen molar-refractivity contribution in [1.29, 1.82) is 0 Å². The molecule has 0 saturated carbocycles. The summed E-state index contributed by atoms with van der Waals surface area (Å²) in [6.45, 7) is 2.60. The standard InChI is InChI=1S/C19H36O6/c1-3-4-5-6-7-8-9-10-11-12-15-23-13-14-18(25-15)16(20)17(21)19(22-2)24-14/h14-21H,3-13H2,1-2H3/t14-,15?,16-,17-,18-,19?/m1/s1. The number of methoxy groups -OCH3 is 1. The third-order valence-electron chi connectivity index (χ3n) is 5.17. The molecule has 0 aromatic rings. The molecule has 2 aliphatic heterocycles. The molecule has 2 fully saturated rings. The molecule has 6 heteroatoms. The van der Waals surface area contributed by atoms with E-state index in [1.807, 2.05) is 0 Å². The maximum atomic E-state index is 10.2. The highest BCUT2D eigenvalue weighted by atomic mass is 16.7.